The van der Waals surface area contributed by atoms with Crippen LogP contribution < -0.4 is 20.3 Å². The monoisotopic (exact) mass is 1070 g/mol. The van der Waals surface area contributed by atoms with Gasteiger partial charge >= 0.3 is 0 Å². The second kappa shape index (κ2) is 21.7. The molecule has 0 aromatic heterocycles. The summed E-state index contributed by atoms with van der Waals surface area (Å²) >= 11 is 0. The minimum atomic E-state index is -4.48. The summed E-state index contributed by atoms with van der Waals surface area (Å²) in [7, 11) is -8.94. The number of unbranched alkanes of at least 4 members (excludes halogenated alkanes) is 2. The van der Waals surface area contributed by atoms with Crippen LogP contribution in [0.2, 0.25) is 0 Å². The number of amides is 4. The number of rotatable bonds is 19. The van der Waals surface area contributed by atoms with Crippen LogP contribution in [0, 0.1) is 43.9 Å². The van der Waals surface area contributed by atoms with E-state index in [0.717, 1.165) is 44.9 Å². The highest BCUT2D eigenvalue weighted by molar-refractivity contribution is 7.89. The third-order valence-corrected chi connectivity index (χ3v) is 18.4. The largest absolute Gasteiger partial charge is 0.507 e. The maximum absolute atomic E-state index is 13.8. The van der Waals surface area contributed by atoms with E-state index in [-0.39, 0.29) is 83.0 Å². The van der Waals surface area contributed by atoms with E-state index in [1.54, 1.807) is 26.0 Å². The van der Waals surface area contributed by atoms with Gasteiger partial charge in [-0.2, -0.15) is 16.8 Å². The molecule has 75 heavy (non-hydrogen) atoms. The smallest absolute Gasteiger partial charge is 0.294 e. The number of nitrogens with one attached hydrogen (secondary N) is 2. The summed E-state index contributed by atoms with van der Waals surface area (Å²) in [6.07, 6.45) is 17.2. The molecular formula is C56H75N5O12S2. The highest BCUT2D eigenvalue weighted by Crippen LogP contribution is 2.55. The topological polar surface area (TPSA) is 240 Å². The highest BCUT2D eigenvalue weighted by atomic mass is 32.2. The van der Waals surface area contributed by atoms with Crippen molar-refractivity contribution in [1.29, 1.82) is 0 Å². The molecule has 4 aliphatic heterocycles. The van der Waals surface area contributed by atoms with Gasteiger partial charge in [0.15, 0.2) is 5.60 Å². The molecule has 0 bridgehead atoms. The van der Waals surface area contributed by atoms with Crippen LogP contribution in [-0.2, 0) is 51.3 Å². The van der Waals surface area contributed by atoms with Crippen molar-refractivity contribution in [2.75, 3.05) is 37.6 Å². The Morgan fingerprint density at radius 3 is 2.21 bits per heavy atom. The van der Waals surface area contributed by atoms with Gasteiger partial charge in [-0.3, -0.25) is 33.2 Å². The van der Waals surface area contributed by atoms with Crippen molar-refractivity contribution in [1.82, 2.24) is 20.4 Å². The maximum Gasteiger partial charge on any atom is 0.294 e. The summed E-state index contributed by atoms with van der Waals surface area (Å²) < 4.78 is 76.3. The molecule has 4 heterocycles. The van der Waals surface area contributed by atoms with Crippen LogP contribution in [0.5, 0.6) is 11.5 Å². The Hall–Kier alpha value is -5.76. The minimum Gasteiger partial charge on any atom is -0.507 e. The number of nitrogens with zero attached hydrogens (tertiary/aromatic N) is 3. The molecule has 0 saturated carbocycles. The van der Waals surface area contributed by atoms with Gasteiger partial charge in [-0.15, -0.1) is 0 Å². The molecule has 2 saturated heterocycles. The molecule has 408 valence electrons. The fraction of sp³-hybridized carbons (Fsp3) is 0.536. The van der Waals surface area contributed by atoms with Crippen LogP contribution in [0.4, 0.5) is 5.69 Å². The number of ether oxygens (including phenoxy) is 1. The van der Waals surface area contributed by atoms with Gasteiger partial charge in [-0.05, 0) is 117 Å². The summed E-state index contributed by atoms with van der Waals surface area (Å²) in [5, 5.41) is 16.6. The van der Waals surface area contributed by atoms with Crippen molar-refractivity contribution in [2.24, 2.45) is 23.2 Å². The van der Waals surface area contributed by atoms with E-state index in [2.05, 4.69) is 40.4 Å². The lowest BCUT2D eigenvalue weighted by Gasteiger charge is -2.36. The average Bonchev–Trinajstić information content (AvgIpc) is 3.81. The standard InChI is InChI=1S/C56H75N5O12S2/c1-34-32-48(63)61(52(34)65)31-28-57-47(62)20-15-12-16-29-59-42-22-21-39(74(67,68)69)33-41(42)54(6,7)45(59)18-13-11-14-19-46-55(8,9)49-38(5)44(75(70,71)72)24-23-43(49)60(46)30-17-27-58-53(66)56(10)26-25-40-37(4)50(64)35(2)36(3)51(40)73-56/h11,13-14,18-19,21-24,33-34,38,46,49,64H,12,15-17,20,25-32H2,1-10H3,(H,57,62)(H,58,66)(H,67,68,69)(H,70,71,72)/b13-11+,19-14+,45-18+. The maximum atomic E-state index is 13.8. The van der Waals surface area contributed by atoms with E-state index >= 15 is 0 Å². The Morgan fingerprint density at radius 2 is 1.55 bits per heavy atom. The van der Waals surface area contributed by atoms with E-state index in [1.807, 2.05) is 65.8 Å². The molecule has 1 aliphatic carbocycles. The first-order chi connectivity index (χ1) is 35.0. The number of carbonyl (C=O) groups excluding carboxylic acids is 4. The van der Waals surface area contributed by atoms with Crippen molar-refractivity contribution in [3.63, 3.8) is 0 Å². The van der Waals surface area contributed by atoms with Gasteiger partial charge in [0, 0.05) is 97.8 Å². The Balaban J connectivity index is 1.04. The molecular weight excluding hydrogens is 999 g/mol. The first-order valence-electron chi connectivity index (χ1n) is 26.0. The van der Waals surface area contributed by atoms with Gasteiger partial charge in [-0.1, -0.05) is 72.3 Å². The summed E-state index contributed by atoms with van der Waals surface area (Å²) in [5.74, 6) is -1.08. The predicted octanol–water partition coefficient (Wildman–Crippen LogP) is 7.65. The number of hydrogen-bond acceptors (Lipinski definition) is 12. The number of anilines is 1. The van der Waals surface area contributed by atoms with E-state index in [4.69, 9.17) is 4.74 Å². The van der Waals surface area contributed by atoms with Gasteiger partial charge in [-0.25, -0.2) is 0 Å². The molecule has 7 rings (SSSR count). The SMILES string of the molecule is Cc1c(C)c2c(c(C)c1O)CCC(C)(C(=O)NCCCN1C3=CC=C(S(=O)(=O)O)C(C)C3C(C)(C)C1/C=C/C=C/C=C1/N(CCCCCC(=O)NCCN3C(=O)CC(C)C3=O)c3ccc(S(=O)(=O)O)cc3C1(C)C)O2. The van der Waals surface area contributed by atoms with Crippen LogP contribution in [0.1, 0.15) is 121 Å². The number of hydrogen-bond donors (Lipinski definition) is 5. The summed E-state index contributed by atoms with van der Waals surface area (Å²) in [6, 6.07) is 4.37. The third kappa shape index (κ3) is 11.4. The zero-order chi connectivity index (χ0) is 55.2. The van der Waals surface area contributed by atoms with Gasteiger partial charge in [0.2, 0.25) is 17.7 Å². The molecule has 4 amide bonds. The molecule has 19 heteroatoms. The zero-order valence-corrected chi connectivity index (χ0v) is 46.6. The number of carbonyl (C=O) groups is 4. The number of benzene rings is 2. The predicted molar refractivity (Wildman–Crippen MR) is 287 cm³/mol. The summed E-state index contributed by atoms with van der Waals surface area (Å²) in [4.78, 5) is 56.1. The Kier molecular flexibility index (Phi) is 16.5. The minimum absolute atomic E-state index is 0.0397. The van der Waals surface area contributed by atoms with Crippen LogP contribution >= 0.6 is 0 Å². The van der Waals surface area contributed by atoms with E-state index in [9.17, 15) is 50.2 Å². The fourth-order valence-electron chi connectivity index (χ4n) is 12.0. The molecule has 2 aromatic rings. The average molecular weight is 1070 g/mol. The Labute approximate surface area is 442 Å². The van der Waals surface area contributed by atoms with Crippen molar-refractivity contribution in [3.05, 3.63) is 105 Å². The molecule has 2 aromatic carbocycles. The normalized spacial score (nSPS) is 24.6. The molecule has 2 fully saturated rings. The lowest BCUT2D eigenvalue weighted by molar-refractivity contribution is -0.139. The number of phenols is 1. The summed E-state index contributed by atoms with van der Waals surface area (Å²) in [5.41, 5.74) is 4.25. The fourth-order valence-corrected chi connectivity index (χ4v) is 13.4. The zero-order valence-electron chi connectivity index (χ0n) is 44.9. The Bertz CT molecular complexity index is 3030. The van der Waals surface area contributed by atoms with Gasteiger partial charge in [0.05, 0.1) is 15.8 Å². The first kappa shape index (κ1) is 57.0. The molecule has 5 N–H and O–H groups in total. The number of fused-ring (bicyclic) bond motifs is 3. The van der Waals surface area contributed by atoms with Crippen LogP contribution in [-0.4, -0.2) is 109 Å². The van der Waals surface area contributed by atoms with E-state index < -0.39 is 42.6 Å². The van der Waals surface area contributed by atoms with Crippen molar-refractivity contribution < 1.29 is 55.0 Å². The van der Waals surface area contributed by atoms with Gasteiger partial charge in [0.1, 0.15) is 11.5 Å². The van der Waals surface area contributed by atoms with Crippen molar-refractivity contribution >= 4 is 49.6 Å². The van der Waals surface area contributed by atoms with Crippen LogP contribution in [0.15, 0.2) is 81.9 Å². The van der Waals surface area contributed by atoms with Gasteiger partial charge < -0.3 is 30.3 Å². The molecule has 5 aliphatic rings. The quantitative estimate of drug-likeness (QED) is 0.0393. The van der Waals surface area contributed by atoms with E-state index in [0.29, 0.717) is 63.9 Å². The van der Waals surface area contributed by atoms with E-state index in [1.165, 1.54) is 23.1 Å². The van der Waals surface area contributed by atoms with Crippen molar-refractivity contribution in [3.8, 4) is 11.5 Å². The highest BCUT2D eigenvalue weighted by Gasteiger charge is 2.54. The number of aromatic hydroxyl groups is 1. The molecule has 17 nitrogen and oxygen atoms in total. The second-order valence-corrected chi connectivity index (χ2v) is 25.1. The third-order valence-electron chi connectivity index (χ3n) is 16.4. The molecule has 0 radical (unpaired) electrons. The first-order valence-corrected chi connectivity index (χ1v) is 28.9. The Morgan fingerprint density at radius 1 is 0.827 bits per heavy atom. The number of likely N-dealkylation sites (tertiary alicyclic amines) is 2. The number of phenolic OH excluding ortho intramolecular Hbond substituents is 1. The van der Waals surface area contributed by atoms with Gasteiger partial charge in [0.25, 0.3) is 26.1 Å². The van der Waals surface area contributed by atoms with Crippen LogP contribution in [0.25, 0.3) is 0 Å². The molecule has 5 atom stereocenters. The summed E-state index contributed by atoms with van der Waals surface area (Å²) in [6.45, 7) is 20.8. The molecule has 5 unspecified atom stereocenters. The second-order valence-electron chi connectivity index (χ2n) is 22.2. The van der Waals surface area contributed by atoms with Crippen LogP contribution in [0.3, 0.4) is 0 Å². The lowest BCUT2D eigenvalue weighted by atomic mass is 9.69. The number of imide groups is 1. The number of allylic oxidation sites excluding steroid dienone is 9. The van der Waals surface area contributed by atoms with Crippen molar-refractivity contribution in [2.45, 2.75) is 143 Å². The molecule has 0 spiro atoms. The lowest BCUT2D eigenvalue weighted by Crippen LogP contribution is -2.51.